The Morgan fingerprint density at radius 2 is 2.00 bits per heavy atom. The van der Waals surface area contributed by atoms with Gasteiger partial charge >= 0.3 is 0 Å². The second-order valence-corrected chi connectivity index (χ2v) is 6.58. The zero-order chi connectivity index (χ0) is 15.3. The van der Waals surface area contributed by atoms with E-state index in [1.807, 2.05) is 30.5 Å². The van der Waals surface area contributed by atoms with E-state index in [2.05, 4.69) is 31.1 Å². The number of fused-ring (bicyclic) bond motifs is 1. The summed E-state index contributed by atoms with van der Waals surface area (Å²) < 4.78 is 0. The molecule has 2 aromatic rings. The van der Waals surface area contributed by atoms with Gasteiger partial charge in [0.15, 0.2) is 0 Å². The molecule has 0 amide bonds. The third-order valence-corrected chi connectivity index (χ3v) is 4.02. The highest BCUT2D eigenvalue weighted by Gasteiger charge is 2.17. The van der Waals surface area contributed by atoms with Gasteiger partial charge in [-0.05, 0) is 36.1 Å². The van der Waals surface area contributed by atoms with Crippen LogP contribution in [0.25, 0.3) is 10.9 Å². The molecule has 0 atom stereocenters. The van der Waals surface area contributed by atoms with Crippen LogP contribution >= 0.6 is 0 Å². The number of nitrogens with one attached hydrogen (secondary N) is 1. The fraction of sp³-hybridized carbons (Fsp3) is 0.500. The Labute approximate surface area is 128 Å². The molecule has 0 aliphatic heterocycles. The number of hydrogen-bond donors (Lipinski definition) is 2. The summed E-state index contributed by atoms with van der Waals surface area (Å²) in [5.74, 6) is 0. The van der Waals surface area contributed by atoms with Gasteiger partial charge in [-0.1, -0.05) is 40.0 Å². The standard InChI is InChI=1S/C18H27N3/c1-4-5-6-11-18(2,3)13-21-16-10-9-15(19)14-8-7-12-20-17(14)16/h7-10,12,21H,4-6,11,13,19H2,1-3H3. The molecule has 0 fully saturated rings. The van der Waals surface area contributed by atoms with E-state index < -0.39 is 0 Å². The van der Waals surface area contributed by atoms with Crippen LogP contribution in [0.5, 0.6) is 0 Å². The van der Waals surface area contributed by atoms with E-state index >= 15 is 0 Å². The maximum atomic E-state index is 6.02. The second kappa shape index (κ2) is 6.79. The average Bonchev–Trinajstić information content (AvgIpc) is 2.47. The Bertz CT molecular complexity index is 590. The van der Waals surface area contributed by atoms with Crippen molar-refractivity contribution in [3.05, 3.63) is 30.5 Å². The maximum absolute atomic E-state index is 6.02. The molecule has 0 aliphatic rings. The number of benzene rings is 1. The zero-order valence-electron chi connectivity index (χ0n) is 13.4. The monoisotopic (exact) mass is 285 g/mol. The van der Waals surface area contributed by atoms with E-state index in [0.29, 0.717) is 0 Å². The summed E-state index contributed by atoms with van der Waals surface area (Å²) in [5, 5.41) is 4.58. The number of nitrogens with zero attached hydrogens (tertiary/aromatic N) is 1. The lowest BCUT2D eigenvalue weighted by Gasteiger charge is -2.26. The van der Waals surface area contributed by atoms with Crippen molar-refractivity contribution in [2.45, 2.75) is 46.5 Å². The molecule has 114 valence electrons. The molecule has 0 radical (unpaired) electrons. The highest BCUT2D eigenvalue weighted by atomic mass is 14.9. The topological polar surface area (TPSA) is 50.9 Å². The van der Waals surface area contributed by atoms with E-state index in [-0.39, 0.29) is 5.41 Å². The van der Waals surface area contributed by atoms with Gasteiger partial charge in [-0.3, -0.25) is 4.98 Å². The Morgan fingerprint density at radius 1 is 1.19 bits per heavy atom. The summed E-state index contributed by atoms with van der Waals surface area (Å²) in [4.78, 5) is 4.48. The summed E-state index contributed by atoms with van der Waals surface area (Å²) in [6, 6.07) is 7.94. The van der Waals surface area contributed by atoms with E-state index in [4.69, 9.17) is 5.73 Å². The van der Waals surface area contributed by atoms with Crippen LogP contribution in [0.1, 0.15) is 46.5 Å². The van der Waals surface area contributed by atoms with Gasteiger partial charge in [-0.25, -0.2) is 0 Å². The first kappa shape index (κ1) is 15.6. The highest BCUT2D eigenvalue weighted by Crippen LogP contribution is 2.29. The van der Waals surface area contributed by atoms with Crippen LogP contribution in [0.2, 0.25) is 0 Å². The Kier molecular flexibility index (Phi) is 5.05. The smallest absolute Gasteiger partial charge is 0.0953 e. The first-order valence-corrected chi connectivity index (χ1v) is 7.90. The summed E-state index contributed by atoms with van der Waals surface area (Å²) >= 11 is 0. The SMILES string of the molecule is CCCCCC(C)(C)CNc1ccc(N)c2cccnc12. The molecule has 1 aromatic heterocycles. The van der Waals surface area contributed by atoms with Crippen molar-refractivity contribution in [1.29, 1.82) is 0 Å². The molecular weight excluding hydrogens is 258 g/mol. The van der Waals surface area contributed by atoms with Crippen molar-refractivity contribution in [1.82, 2.24) is 4.98 Å². The molecule has 0 saturated heterocycles. The number of nitrogen functional groups attached to an aromatic ring is 1. The third-order valence-electron chi connectivity index (χ3n) is 4.02. The van der Waals surface area contributed by atoms with Gasteiger partial charge < -0.3 is 11.1 Å². The molecule has 3 nitrogen and oxygen atoms in total. The van der Waals surface area contributed by atoms with Crippen LogP contribution in [0.3, 0.4) is 0 Å². The van der Waals surface area contributed by atoms with Crippen molar-refractivity contribution in [3.63, 3.8) is 0 Å². The van der Waals surface area contributed by atoms with Crippen molar-refractivity contribution in [2.24, 2.45) is 5.41 Å². The zero-order valence-corrected chi connectivity index (χ0v) is 13.4. The lowest BCUT2D eigenvalue weighted by molar-refractivity contribution is 0.342. The lowest BCUT2D eigenvalue weighted by Crippen LogP contribution is -2.23. The number of pyridine rings is 1. The van der Waals surface area contributed by atoms with Crippen LogP contribution in [0.4, 0.5) is 11.4 Å². The average molecular weight is 285 g/mol. The van der Waals surface area contributed by atoms with Gasteiger partial charge in [0, 0.05) is 23.8 Å². The van der Waals surface area contributed by atoms with Gasteiger partial charge in [0.25, 0.3) is 0 Å². The normalized spacial score (nSPS) is 11.8. The van der Waals surface area contributed by atoms with Gasteiger partial charge in [-0.2, -0.15) is 0 Å². The van der Waals surface area contributed by atoms with E-state index in [1.165, 1.54) is 25.7 Å². The molecular formula is C18H27N3. The fourth-order valence-electron chi connectivity index (χ4n) is 2.61. The Morgan fingerprint density at radius 3 is 2.76 bits per heavy atom. The largest absolute Gasteiger partial charge is 0.398 e. The van der Waals surface area contributed by atoms with Gasteiger partial charge in [0.1, 0.15) is 0 Å². The summed E-state index contributed by atoms with van der Waals surface area (Å²) in [6.07, 6.45) is 6.95. The van der Waals surface area contributed by atoms with E-state index in [9.17, 15) is 0 Å². The minimum atomic E-state index is 0.289. The van der Waals surface area contributed by atoms with E-state index in [1.54, 1.807) is 0 Å². The number of anilines is 2. The molecule has 0 bridgehead atoms. The van der Waals surface area contributed by atoms with Crippen molar-refractivity contribution < 1.29 is 0 Å². The molecule has 2 rings (SSSR count). The number of nitrogens with two attached hydrogens (primary N) is 1. The quantitative estimate of drug-likeness (QED) is 0.565. The molecule has 21 heavy (non-hydrogen) atoms. The number of hydrogen-bond acceptors (Lipinski definition) is 3. The first-order valence-electron chi connectivity index (χ1n) is 7.90. The molecule has 0 spiro atoms. The molecule has 1 aromatic carbocycles. The molecule has 3 heteroatoms. The van der Waals surface area contributed by atoms with E-state index in [0.717, 1.165) is 28.8 Å². The Balaban J connectivity index is 2.08. The van der Waals surface area contributed by atoms with Gasteiger partial charge in [0.05, 0.1) is 11.2 Å². The third kappa shape index (κ3) is 4.10. The van der Waals surface area contributed by atoms with Gasteiger partial charge in [0.2, 0.25) is 0 Å². The van der Waals surface area contributed by atoms with Crippen LogP contribution in [0.15, 0.2) is 30.5 Å². The van der Waals surface area contributed by atoms with Crippen LogP contribution in [-0.4, -0.2) is 11.5 Å². The minimum Gasteiger partial charge on any atom is -0.398 e. The second-order valence-electron chi connectivity index (χ2n) is 6.58. The van der Waals surface area contributed by atoms with Crippen molar-refractivity contribution in [3.8, 4) is 0 Å². The maximum Gasteiger partial charge on any atom is 0.0953 e. The fourth-order valence-corrected chi connectivity index (χ4v) is 2.61. The number of rotatable bonds is 7. The van der Waals surface area contributed by atoms with Crippen molar-refractivity contribution >= 4 is 22.3 Å². The van der Waals surface area contributed by atoms with Crippen molar-refractivity contribution in [2.75, 3.05) is 17.6 Å². The number of unbranched alkanes of at least 4 members (excludes halogenated alkanes) is 2. The van der Waals surface area contributed by atoms with Gasteiger partial charge in [-0.15, -0.1) is 0 Å². The van der Waals surface area contributed by atoms with Crippen LogP contribution < -0.4 is 11.1 Å². The predicted molar refractivity (Wildman–Crippen MR) is 92.6 cm³/mol. The molecule has 3 N–H and O–H groups in total. The minimum absolute atomic E-state index is 0.289. The highest BCUT2D eigenvalue weighted by molar-refractivity contribution is 5.98. The van der Waals surface area contributed by atoms with Crippen LogP contribution in [0, 0.1) is 5.41 Å². The van der Waals surface area contributed by atoms with Crippen LogP contribution in [-0.2, 0) is 0 Å². The summed E-state index contributed by atoms with van der Waals surface area (Å²) in [7, 11) is 0. The number of aromatic nitrogens is 1. The molecule has 0 unspecified atom stereocenters. The first-order chi connectivity index (χ1) is 10.0. The lowest BCUT2D eigenvalue weighted by atomic mass is 9.87. The molecule has 0 aliphatic carbocycles. The molecule has 0 saturated carbocycles. The Hall–Kier alpha value is -1.77. The summed E-state index contributed by atoms with van der Waals surface area (Å²) in [5.41, 5.74) is 9.13. The predicted octanol–water partition coefficient (Wildman–Crippen LogP) is 4.84. The summed E-state index contributed by atoms with van der Waals surface area (Å²) in [6.45, 7) is 7.84. The molecule has 1 heterocycles.